The molecule has 0 bridgehead atoms. The Labute approximate surface area is 430 Å². The van der Waals surface area contributed by atoms with Crippen LogP contribution in [0.5, 0.6) is 0 Å². The lowest BCUT2D eigenvalue weighted by molar-refractivity contribution is -0.166. The molecule has 0 aromatic heterocycles. The van der Waals surface area contributed by atoms with Gasteiger partial charge in [-0.25, -0.2) is 0 Å². The van der Waals surface area contributed by atoms with E-state index in [2.05, 4.69) is 142 Å². The maximum absolute atomic E-state index is 12.9. The Morgan fingerprint density at radius 2 is 0.586 bits per heavy atom. The summed E-state index contributed by atoms with van der Waals surface area (Å²) < 4.78 is 16.8. The van der Waals surface area contributed by atoms with E-state index in [1.54, 1.807) is 0 Å². The van der Waals surface area contributed by atoms with Crippen molar-refractivity contribution in [2.75, 3.05) is 13.2 Å². The fourth-order valence-corrected chi connectivity index (χ4v) is 7.22. The topological polar surface area (TPSA) is 78.9 Å². The van der Waals surface area contributed by atoms with E-state index in [-0.39, 0.29) is 37.5 Å². The smallest absolute Gasteiger partial charge is 0.306 e. The third-order valence-electron chi connectivity index (χ3n) is 11.4. The molecule has 70 heavy (non-hydrogen) atoms. The van der Waals surface area contributed by atoms with Gasteiger partial charge < -0.3 is 14.2 Å². The highest BCUT2D eigenvalue weighted by Gasteiger charge is 2.19. The monoisotopic (exact) mass is 967 g/mol. The largest absolute Gasteiger partial charge is 0.462 e. The molecule has 6 nitrogen and oxygen atoms in total. The molecule has 1 unspecified atom stereocenters. The second kappa shape index (κ2) is 57.1. The zero-order chi connectivity index (χ0) is 50.7. The van der Waals surface area contributed by atoms with E-state index in [4.69, 9.17) is 14.2 Å². The Hall–Kier alpha value is -4.45. The van der Waals surface area contributed by atoms with Crippen LogP contribution >= 0.6 is 0 Å². The van der Waals surface area contributed by atoms with Crippen molar-refractivity contribution in [3.05, 3.63) is 134 Å². The molecule has 1 atom stereocenters. The van der Waals surface area contributed by atoms with Gasteiger partial charge in [-0.2, -0.15) is 0 Å². The minimum Gasteiger partial charge on any atom is -0.462 e. The Morgan fingerprint density at radius 3 is 0.986 bits per heavy atom. The fourth-order valence-electron chi connectivity index (χ4n) is 7.22. The van der Waals surface area contributed by atoms with Gasteiger partial charge in [-0.15, -0.1) is 0 Å². The molecule has 0 fully saturated rings. The summed E-state index contributed by atoms with van der Waals surface area (Å²) >= 11 is 0. The Kier molecular flexibility index (Phi) is 53.5. The van der Waals surface area contributed by atoms with Gasteiger partial charge in [0, 0.05) is 19.3 Å². The zero-order valence-electron chi connectivity index (χ0n) is 45.0. The summed E-state index contributed by atoms with van der Waals surface area (Å²) in [5.74, 6) is -1.05. The molecule has 0 N–H and O–H groups in total. The summed E-state index contributed by atoms with van der Waals surface area (Å²) in [6.07, 6.45) is 80.2. The fraction of sp³-hybridized carbons (Fsp3) is 0.609. The molecular formula is C64H102O6. The Bertz CT molecular complexity index is 1530. The number of ether oxygens (including phenoxy) is 3. The van der Waals surface area contributed by atoms with Crippen LogP contribution in [0.4, 0.5) is 0 Å². The number of rotatable bonds is 49. The Morgan fingerprint density at radius 1 is 0.300 bits per heavy atom. The van der Waals surface area contributed by atoms with Crippen LogP contribution in [0.3, 0.4) is 0 Å². The van der Waals surface area contributed by atoms with Crippen molar-refractivity contribution in [1.29, 1.82) is 0 Å². The van der Waals surface area contributed by atoms with Crippen molar-refractivity contribution < 1.29 is 28.6 Å². The molecule has 0 saturated heterocycles. The normalized spacial score (nSPS) is 13.1. The highest BCUT2D eigenvalue weighted by molar-refractivity contribution is 5.71. The number of carbonyl (C=O) groups excluding carboxylic acids is 3. The summed E-state index contributed by atoms with van der Waals surface area (Å²) in [7, 11) is 0. The van der Waals surface area contributed by atoms with Gasteiger partial charge in [0.1, 0.15) is 13.2 Å². The van der Waals surface area contributed by atoms with Gasteiger partial charge in [0.25, 0.3) is 0 Å². The third kappa shape index (κ3) is 54.5. The van der Waals surface area contributed by atoms with Gasteiger partial charge in [-0.05, 0) is 122 Å². The quantitative estimate of drug-likeness (QED) is 0.0262. The lowest BCUT2D eigenvalue weighted by Crippen LogP contribution is -2.30. The number of allylic oxidation sites excluding steroid dienone is 22. The first-order valence-corrected chi connectivity index (χ1v) is 28.2. The van der Waals surface area contributed by atoms with Crippen LogP contribution in [0.1, 0.15) is 233 Å². The first-order chi connectivity index (χ1) is 34.5. The lowest BCUT2D eigenvalue weighted by atomic mass is 10.1. The first kappa shape index (κ1) is 65.5. The minimum atomic E-state index is -0.829. The van der Waals surface area contributed by atoms with E-state index < -0.39 is 6.10 Å². The molecule has 0 aliphatic carbocycles. The molecule has 0 heterocycles. The molecule has 0 saturated carbocycles. The summed E-state index contributed by atoms with van der Waals surface area (Å²) in [6, 6.07) is 0. The standard InChI is InChI=1S/C64H102O6/c1-4-7-10-13-16-19-22-25-28-31-32-34-36-39-42-45-48-51-54-57-63(66)69-60-61(59-68-62(65)56-53-50-47-44-41-38-35-30-27-24-21-18-15-12-9-6-3)70-64(67)58-55-52-49-46-43-40-37-33-29-26-23-20-17-14-11-8-5-2/h7,9-10,12,16,18-19,21,25-30,32,34,38-39,41-42,47,50,61H,4-6,8,11,13-15,17,20,22-24,31,33,35-37,40,43-46,48-49,51-60H2,1-3H3/b10-7-,12-9-,19-16-,21-18-,28-25-,29-26-,30-27-,34-32-,41-38-,42-39-,50-47-. The SMILES string of the molecule is CC/C=C\C/C=C\C/C=C\C/C=C\C/C=C\CCCCCC(=O)OCC(COC(=O)CC/C=C\C/C=C\C/C=C\C/C=C\C/C=C\CC)OC(=O)CCCCCCCCC/C=C\CCCCCCCC. The van der Waals surface area contributed by atoms with Crippen molar-refractivity contribution in [1.82, 2.24) is 0 Å². The van der Waals surface area contributed by atoms with Gasteiger partial charge in [0.05, 0.1) is 0 Å². The molecule has 6 heteroatoms. The number of hydrogen-bond acceptors (Lipinski definition) is 6. The molecular weight excluding hydrogens is 865 g/mol. The van der Waals surface area contributed by atoms with Crippen molar-refractivity contribution in [2.45, 2.75) is 239 Å². The van der Waals surface area contributed by atoms with Crippen LogP contribution < -0.4 is 0 Å². The molecule has 0 aromatic rings. The van der Waals surface area contributed by atoms with Crippen molar-refractivity contribution >= 4 is 17.9 Å². The predicted octanol–water partition coefficient (Wildman–Crippen LogP) is 19.0. The molecule has 0 aromatic carbocycles. The average Bonchev–Trinajstić information content (AvgIpc) is 3.36. The van der Waals surface area contributed by atoms with Crippen LogP contribution in [0, 0.1) is 0 Å². The lowest BCUT2D eigenvalue weighted by Gasteiger charge is -2.18. The molecule has 0 aliphatic rings. The van der Waals surface area contributed by atoms with Gasteiger partial charge in [0.2, 0.25) is 0 Å². The third-order valence-corrected chi connectivity index (χ3v) is 11.4. The number of carbonyl (C=O) groups is 3. The van der Waals surface area contributed by atoms with Crippen molar-refractivity contribution in [3.63, 3.8) is 0 Å². The molecule has 0 amide bonds. The van der Waals surface area contributed by atoms with E-state index in [1.165, 1.54) is 77.0 Å². The first-order valence-electron chi connectivity index (χ1n) is 28.2. The van der Waals surface area contributed by atoms with Crippen LogP contribution in [0.2, 0.25) is 0 Å². The van der Waals surface area contributed by atoms with Crippen LogP contribution in [0.15, 0.2) is 134 Å². The van der Waals surface area contributed by atoms with Crippen LogP contribution in [-0.4, -0.2) is 37.2 Å². The zero-order valence-corrected chi connectivity index (χ0v) is 45.0. The second-order valence-corrected chi connectivity index (χ2v) is 18.1. The van der Waals surface area contributed by atoms with Gasteiger partial charge >= 0.3 is 17.9 Å². The van der Waals surface area contributed by atoms with Gasteiger partial charge in [-0.3, -0.25) is 14.4 Å². The number of hydrogen-bond donors (Lipinski definition) is 0. The predicted molar refractivity (Wildman–Crippen MR) is 302 cm³/mol. The van der Waals surface area contributed by atoms with Gasteiger partial charge in [-0.1, -0.05) is 225 Å². The average molecular weight is 968 g/mol. The van der Waals surface area contributed by atoms with Gasteiger partial charge in [0.15, 0.2) is 6.10 Å². The maximum Gasteiger partial charge on any atom is 0.306 e. The molecule has 0 rings (SSSR count). The summed E-state index contributed by atoms with van der Waals surface area (Å²) in [5.41, 5.74) is 0. The maximum atomic E-state index is 12.9. The molecule has 0 spiro atoms. The summed E-state index contributed by atoms with van der Waals surface area (Å²) in [6.45, 7) is 6.30. The van der Waals surface area contributed by atoms with Crippen LogP contribution in [0.25, 0.3) is 0 Å². The summed E-state index contributed by atoms with van der Waals surface area (Å²) in [5, 5.41) is 0. The number of unbranched alkanes of at least 4 members (excludes halogenated alkanes) is 16. The van der Waals surface area contributed by atoms with E-state index in [1.807, 2.05) is 12.2 Å². The molecule has 394 valence electrons. The van der Waals surface area contributed by atoms with E-state index in [9.17, 15) is 14.4 Å². The van der Waals surface area contributed by atoms with Crippen molar-refractivity contribution in [3.8, 4) is 0 Å². The Balaban J connectivity index is 4.57. The van der Waals surface area contributed by atoms with E-state index in [0.717, 1.165) is 109 Å². The highest BCUT2D eigenvalue weighted by atomic mass is 16.6. The highest BCUT2D eigenvalue weighted by Crippen LogP contribution is 2.13. The van der Waals surface area contributed by atoms with Crippen molar-refractivity contribution in [2.24, 2.45) is 0 Å². The summed E-state index contributed by atoms with van der Waals surface area (Å²) in [4.78, 5) is 38.1. The van der Waals surface area contributed by atoms with E-state index in [0.29, 0.717) is 19.3 Å². The second-order valence-electron chi connectivity index (χ2n) is 18.1. The number of esters is 3. The minimum absolute atomic E-state index is 0.124. The van der Waals surface area contributed by atoms with E-state index >= 15 is 0 Å². The molecule has 0 aliphatic heterocycles. The molecule has 0 radical (unpaired) electrons. The van der Waals surface area contributed by atoms with Crippen LogP contribution in [-0.2, 0) is 28.6 Å².